The lowest BCUT2D eigenvalue weighted by atomic mass is 9.96. The molecule has 0 spiro atoms. The Morgan fingerprint density at radius 1 is 1.44 bits per heavy atom. The Hall–Kier alpha value is -1.52. The molecule has 5 nitrogen and oxygen atoms in total. The first kappa shape index (κ1) is 12.9. The number of carbonyl (C=O) groups excluding carboxylic acids is 1. The molecule has 100 valence electrons. The second kappa shape index (κ2) is 6.42. The van der Waals surface area contributed by atoms with E-state index >= 15 is 0 Å². The molecule has 0 atom stereocenters. The molecular weight excluding hydrogens is 228 g/mol. The topological polar surface area (TPSA) is 59.0 Å². The lowest BCUT2D eigenvalue weighted by Gasteiger charge is -2.22. The molecule has 1 heterocycles. The summed E-state index contributed by atoms with van der Waals surface area (Å²) < 4.78 is 1.78. The molecule has 2 amide bonds. The Bertz CT molecular complexity index is 382. The molecular formula is C13H22N4O. The second-order valence-corrected chi connectivity index (χ2v) is 5.01. The monoisotopic (exact) mass is 250 g/mol. The van der Waals surface area contributed by atoms with Crippen LogP contribution in [0.5, 0.6) is 0 Å². The van der Waals surface area contributed by atoms with Gasteiger partial charge in [-0.1, -0.05) is 19.3 Å². The highest BCUT2D eigenvalue weighted by atomic mass is 16.2. The van der Waals surface area contributed by atoms with Gasteiger partial charge in [0, 0.05) is 25.8 Å². The first-order chi connectivity index (χ1) is 8.74. The Balaban J connectivity index is 1.62. The fourth-order valence-electron chi connectivity index (χ4n) is 2.40. The summed E-state index contributed by atoms with van der Waals surface area (Å²) in [5.41, 5.74) is 1.15. The van der Waals surface area contributed by atoms with E-state index in [1.165, 1.54) is 19.3 Å². The number of aryl methyl sites for hydroxylation is 1. The van der Waals surface area contributed by atoms with Crippen LogP contribution in [-0.4, -0.2) is 28.4 Å². The number of carbonyl (C=O) groups is 1. The molecule has 2 N–H and O–H groups in total. The van der Waals surface area contributed by atoms with Crippen LogP contribution in [0.1, 0.15) is 37.7 Å². The van der Waals surface area contributed by atoms with Crippen molar-refractivity contribution in [1.29, 1.82) is 0 Å². The average Bonchev–Trinajstić information content (AvgIpc) is 2.76. The summed E-state index contributed by atoms with van der Waals surface area (Å²) in [7, 11) is 1.90. The van der Waals surface area contributed by atoms with Crippen molar-refractivity contribution in [2.24, 2.45) is 7.05 Å². The SMILES string of the molecule is Cn1cc(CCNC(=O)NC2CCCCC2)cn1. The predicted molar refractivity (Wildman–Crippen MR) is 70.3 cm³/mol. The van der Waals surface area contributed by atoms with Gasteiger partial charge in [0.25, 0.3) is 0 Å². The van der Waals surface area contributed by atoms with E-state index in [1.54, 1.807) is 4.68 Å². The molecule has 5 heteroatoms. The van der Waals surface area contributed by atoms with Gasteiger partial charge in [-0.2, -0.15) is 5.10 Å². The lowest BCUT2D eigenvalue weighted by molar-refractivity contribution is 0.233. The summed E-state index contributed by atoms with van der Waals surface area (Å²) in [6, 6.07) is 0.336. The molecule has 1 saturated carbocycles. The van der Waals surface area contributed by atoms with Gasteiger partial charge in [0.2, 0.25) is 0 Å². The van der Waals surface area contributed by atoms with E-state index in [4.69, 9.17) is 0 Å². The molecule has 18 heavy (non-hydrogen) atoms. The predicted octanol–water partition coefficient (Wildman–Crippen LogP) is 1.59. The zero-order valence-corrected chi connectivity index (χ0v) is 11.0. The highest BCUT2D eigenvalue weighted by Gasteiger charge is 2.14. The van der Waals surface area contributed by atoms with E-state index in [9.17, 15) is 4.79 Å². The molecule has 0 aliphatic heterocycles. The summed E-state index contributed by atoms with van der Waals surface area (Å²) in [5, 5.41) is 10.0. The molecule has 2 rings (SSSR count). The van der Waals surface area contributed by atoms with Gasteiger partial charge in [-0.15, -0.1) is 0 Å². The quantitative estimate of drug-likeness (QED) is 0.852. The van der Waals surface area contributed by atoms with Crippen molar-refractivity contribution >= 4 is 6.03 Å². The van der Waals surface area contributed by atoms with E-state index in [-0.39, 0.29) is 6.03 Å². The minimum Gasteiger partial charge on any atom is -0.338 e. The zero-order chi connectivity index (χ0) is 12.8. The number of nitrogens with zero attached hydrogens (tertiary/aromatic N) is 2. The average molecular weight is 250 g/mol. The van der Waals surface area contributed by atoms with Crippen molar-refractivity contribution in [3.63, 3.8) is 0 Å². The standard InChI is InChI=1S/C13H22N4O/c1-17-10-11(9-15-17)7-8-14-13(18)16-12-5-3-2-4-6-12/h9-10,12H,2-8H2,1H3,(H2,14,16,18). The van der Waals surface area contributed by atoms with Crippen molar-refractivity contribution in [3.8, 4) is 0 Å². The van der Waals surface area contributed by atoms with Crippen LogP contribution < -0.4 is 10.6 Å². The van der Waals surface area contributed by atoms with Crippen LogP contribution in [0.4, 0.5) is 4.79 Å². The highest BCUT2D eigenvalue weighted by molar-refractivity contribution is 5.74. The van der Waals surface area contributed by atoms with Crippen molar-refractivity contribution in [3.05, 3.63) is 18.0 Å². The fourth-order valence-corrected chi connectivity index (χ4v) is 2.40. The van der Waals surface area contributed by atoms with E-state index in [0.29, 0.717) is 12.6 Å². The first-order valence-corrected chi connectivity index (χ1v) is 6.76. The maximum atomic E-state index is 11.7. The number of nitrogens with one attached hydrogen (secondary N) is 2. The van der Waals surface area contributed by atoms with Crippen LogP contribution in [-0.2, 0) is 13.5 Å². The van der Waals surface area contributed by atoms with Crippen molar-refractivity contribution in [1.82, 2.24) is 20.4 Å². The minimum atomic E-state index is -0.0363. The van der Waals surface area contributed by atoms with Crippen LogP contribution in [0, 0.1) is 0 Å². The van der Waals surface area contributed by atoms with Gasteiger partial charge in [0.15, 0.2) is 0 Å². The van der Waals surface area contributed by atoms with Crippen molar-refractivity contribution in [2.75, 3.05) is 6.54 Å². The largest absolute Gasteiger partial charge is 0.338 e. The Labute approximate surface area is 108 Å². The first-order valence-electron chi connectivity index (χ1n) is 6.76. The van der Waals surface area contributed by atoms with Gasteiger partial charge >= 0.3 is 6.03 Å². The van der Waals surface area contributed by atoms with E-state index in [0.717, 1.165) is 24.8 Å². The van der Waals surface area contributed by atoms with Crippen LogP contribution in [0.3, 0.4) is 0 Å². The highest BCUT2D eigenvalue weighted by Crippen LogP contribution is 2.17. The molecule has 1 aromatic rings. The van der Waals surface area contributed by atoms with Crippen molar-refractivity contribution < 1.29 is 4.79 Å². The molecule has 0 radical (unpaired) electrons. The molecule has 0 bridgehead atoms. The van der Waals surface area contributed by atoms with Crippen molar-refractivity contribution in [2.45, 2.75) is 44.6 Å². The van der Waals surface area contributed by atoms with Crippen LogP contribution in [0.2, 0.25) is 0 Å². The third kappa shape index (κ3) is 4.05. The van der Waals surface area contributed by atoms with Gasteiger partial charge in [-0.05, 0) is 24.8 Å². The normalized spacial score (nSPS) is 16.5. The van der Waals surface area contributed by atoms with Gasteiger partial charge in [-0.3, -0.25) is 4.68 Å². The summed E-state index contributed by atoms with van der Waals surface area (Å²) in [5.74, 6) is 0. The van der Waals surface area contributed by atoms with E-state index in [1.807, 2.05) is 19.4 Å². The van der Waals surface area contributed by atoms with Gasteiger partial charge < -0.3 is 10.6 Å². The third-order valence-corrected chi connectivity index (χ3v) is 3.40. The summed E-state index contributed by atoms with van der Waals surface area (Å²) >= 11 is 0. The maximum absolute atomic E-state index is 11.7. The molecule has 1 fully saturated rings. The molecule has 1 aliphatic rings. The number of hydrogen-bond donors (Lipinski definition) is 2. The summed E-state index contributed by atoms with van der Waals surface area (Å²) in [6.45, 7) is 0.657. The molecule has 0 aromatic carbocycles. The van der Waals surface area contributed by atoms with Crippen LogP contribution in [0.15, 0.2) is 12.4 Å². The zero-order valence-electron chi connectivity index (χ0n) is 11.0. The number of aromatic nitrogens is 2. The fraction of sp³-hybridized carbons (Fsp3) is 0.692. The number of urea groups is 1. The summed E-state index contributed by atoms with van der Waals surface area (Å²) in [4.78, 5) is 11.7. The smallest absolute Gasteiger partial charge is 0.315 e. The van der Waals surface area contributed by atoms with Gasteiger partial charge in [0.1, 0.15) is 0 Å². The molecule has 0 saturated heterocycles. The minimum absolute atomic E-state index is 0.0363. The Morgan fingerprint density at radius 2 is 2.22 bits per heavy atom. The van der Waals surface area contributed by atoms with E-state index in [2.05, 4.69) is 15.7 Å². The third-order valence-electron chi connectivity index (χ3n) is 3.40. The van der Waals surface area contributed by atoms with Gasteiger partial charge in [-0.25, -0.2) is 4.79 Å². The Kier molecular flexibility index (Phi) is 4.61. The molecule has 1 aromatic heterocycles. The second-order valence-electron chi connectivity index (χ2n) is 5.01. The van der Waals surface area contributed by atoms with E-state index < -0.39 is 0 Å². The number of hydrogen-bond acceptors (Lipinski definition) is 2. The number of amides is 2. The summed E-state index contributed by atoms with van der Waals surface area (Å²) in [6.07, 6.45) is 10.7. The van der Waals surface area contributed by atoms with Crippen LogP contribution >= 0.6 is 0 Å². The molecule has 1 aliphatic carbocycles. The maximum Gasteiger partial charge on any atom is 0.315 e. The number of rotatable bonds is 4. The Morgan fingerprint density at radius 3 is 2.89 bits per heavy atom. The van der Waals surface area contributed by atoms with Gasteiger partial charge in [0.05, 0.1) is 6.20 Å². The van der Waals surface area contributed by atoms with Crippen LogP contribution in [0.25, 0.3) is 0 Å². The lowest BCUT2D eigenvalue weighted by Crippen LogP contribution is -2.43. The molecule has 0 unspecified atom stereocenters.